The smallest absolute Gasteiger partial charge is 0.259 e. The topological polar surface area (TPSA) is 118 Å². The van der Waals surface area contributed by atoms with E-state index in [1.165, 1.54) is 6.26 Å². The highest BCUT2D eigenvalue weighted by atomic mass is 32.2. The van der Waals surface area contributed by atoms with Crippen molar-refractivity contribution in [3.05, 3.63) is 54.0 Å². The molecular weight excluding hydrogens is 512 g/mol. The van der Waals surface area contributed by atoms with Gasteiger partial charge in [-0.2, -0.15) is 5.10 Å². The lowest BCUT2D eigenvalue weighted by Crippen LogP contribution is -2.30. The van der Waals surface area contributed by atoms with Gasteiger partial charge in [-0.1, -0.05) is 6.07 Å². The predicted octanol–water partition coefficient (Wildman–Crippen LogP) is 4.08. The second-order valence-corrected chi connectivity index (χ2v) is 11.9. The van der Waals surface area contributed by atoms with Gasteiger partial charge in [0.15, 0.2) is 0 Å². The van der Waals surface area contributed by atoms with Crippen molar-refractivity contribution in [2.75, 3.05) is 42.7 Å². The number of pyridine rings is 1. The largest absolute Gasteiger partial charge is 0.356 e. The van der Waals surface area contributed by atoms with E-state index in [0.717, 1.165) is 11.1 Å². The Morgan fingerprint density at radius 3 is 2.76 bits per heavy atom. The third-order valence-corrected chi connectivity index (χ3v) is 8.38. The Kier molecular flexibility index (Phi) is 8.12. The molecule has 0 radical (unpaired) electrons. The number of carbonyl (C=O) groups excluding carboxylic acids is 1. The van der Waals surface area contributed by atoms with Crippen LogP contribution in [0.25, 0.3) is 11.1 Å². The molecule has 4 rings (SSSR count). The number of alkyl halides is 2. The Morgan fingerprint density at radius 2 is 2.05 bits per heavy atom. The lowest BCUT2D eigenvalue weighted by atomic mass is 9.99. The number of carbonyl (C=O) groups is 1. The number of nitrogens with two attached hydrogens (primary N) is 1. The van der Waals surface area contributed by atoms with E-state index in [0.29, 0.717) is 40.5 Å². The number of amides is 1. The molecule has 3 N–H and O–H groups in total. The standard InChI is InChI=1S/C26H33F2N7O2S/c1-18-22(19-15-31-34(2)17-19)16-30-24(35-12-5-8-26(27,28)9-13-35)23(18)25(36)33-20-6-4-7-21(14-20)38(3,37)32-11-10-29/h4,6-7,14-17H,5,8-13,29H2,1-3H3,(H,33,36)/t38-/m1/s1. The molecule has 12 heteroatoms. The molecule has 0 aliphatic carbocycles. The summed E-state index contributed by atoms with van der Waals surface area (Å²) in [4.78, 5) is 20.6. The molecule has 1 aliphatic heterocycles. The molecule has 1 aromatic carbocycles. The van der Waals surface area contributed by atoms with Crippen LogP contribution < -0.4 is 16.0 Å². The number of anilines is 2. The van der Waals surface area contributed by atoms with Gasteiger partial charge in [0.2, 0.25) is 5.92 Å². The molecule has 1 fully saturated rings. The molecule has 0 unspecified atom stereocenters. The van der Waals surface area contributed by atoms with E-state index in [2.05, 4.69) is 19.8 Å². The lowest BCUT2D eigenvalue weighted by Gasteiger charge is -2.26. The van der Waals surface area contributed by atoms with Gasteiger partial charge in [0.25, 0.3) is 5.91 Å². The SMILES string of the molecule is Cc1c(-c2cnn(C)c2)cnc(N2CCCC(F)(F)CC2)c1C(=O)Nc1cccc([S@@](C)(=O)=NCCN)c1. The molecule has 0 spiro atoms. The molecular formula is C26H33F2N7O2S. The summed E-state index contributed by atoms with van der Waals surface area (Å²) in [6, 6.07) is 6.71. The van der Waals surface area contributed by atoms with Crippen LogP contribution >= 0.6 is 0 Å². The van der Waals surface area contributed by atoms with E-state index >= 15 is 0 Å². The summed E-state index contributed by atoms with van der Waals surface area (Å²) in [5, 5.41) is 7.12. The van der Waals surface area contributed by atoms with Gasteiger partial charge in [-0.25, -0.2) is 22.3 Å². The Morgan fingerprint density at radius 1 is 1.26 bits per heavy atom. The van der Waals surface area contributed by atoms with Crippen LogP contribution in [0.3, 0.4) is 0 Å². The molecule has 1 atom stereocenters. The van der Waals surface area contributed by atoms with Crippen LogP contribution in [0, 0.1) is 6.92 Å². The summed E-state index contributed by atoms with van der Waals surface area (Å²) in [7, 11) is -0.896. The number of benzene rings is 1. The quantitative estimate of drug-likeness (QED) is 0.462. The van der Waals surface area contributed by atoms with Crippen LogP contribution in [-0.4, -0.2) is 63.2 Å². The second kappa shape index (κ2) is 11.2. The minimum atomic E-state index is -2.75. The summed E-state index contributed by atoms with van der Waals surface area (Å²) in [6.07, 6.45) is 6.48. The molecule has 3 aromatic rings. The fraction of sp³-hybridized carbons (Fsp3) is 0.423. The van der Waals surface area contributed by atoms with Crippen LogP contribution in [0.4, 0.5) is 20.3 Å². The van der Waals surface area contributed by atoms with Gasteiger partial charge in [-0.3, -0.25) is 9.48 Å². The molecule has 2 aromatic heterocycles. The van der Waals surface area contributed by atoms with Gasteiger partial charge < -0.3 is 16.0 Å². The molecule has 38 heavy (non-hydrogen) atoms. The van der Waals surface area contributed by atoms with Crippen molar-refractivity contribution in [3.8, 4) is 11.1 Å². The zero-order valence-electron chi connectivity index (χ0n) is 21.8. The van der Waals surface area contributed by atoms with Crippen molar-refractivity contribution in [1.82, 2.24) is 14.8 Å². The van der Waals surface area contributed by atoms with Crippen molar-refractivity contribution in [3.63, 3.8) is 0 Å². The fourth-order valence-corrected chi connectivity index (χ4v) is 5.81. The van der Waals surface area contributed by atoms with Gasteiger partial charge in [0.1, 0.15) is 5.82 Å². The van der Waals surface area contributed by atoms with Crippen LogP contribution in [0.2, 0.25) is 0 Å². The van der Waals surface area contributed by atoms with Crippen LogP contribution in [0.15, 0.2) is 52.1 Å². The van der Waals surface area contributed by atoms with Crippen molar-refractivity contribution in [2.24, 2.45) is 17.1 Å². The molecule has 1 saturated heterocycles. The number of nitrogens with one attached hydrogen (secondary N) is 1. The van der Waals surface area contributed by atoms with Gasteiger partial charge in [-0.15, -0.1) is 0 Å². The molecule has 0 bridgehead atoms. The first-order valence-electron chi connectivity index (χ1n) is 12.4. The first-order valence-corrected chi connectivity index (χ1v) is 14.3. The number of rotatable bonds is 7. The maximum atomic E-state index is 14.1. The van der Waals surface area contributed by atoms with Crippen LogP contribution in [0.5, 0.6) is 0 Å². The van der Waals surface area contributed by atoms with Gasteiger partial charge in [-0.05, 0) is 37.1 Å². The maximum absolute atomic E-state index is 14.1. The van der Waals surface area contributed by atoms with Gasteiger partial charge in [0, 0.05) is 79.9 Å². The van der Waals surface area contributed by atoms with E-state index in [-0.39, 0.29) is 32.5 Å². The first kappa shape index (κ1) is 27.6. The minimum absolute atomic E-state index is 0.0853. The predicted molar refractivity (Wildman–Crippen MR) is 145 cm³/mol. The van der Waals surface area contributed by atoms with Crippen molar-refractivity contribution < 1.29 is 17.8 Å². The molecule has 0 saturated carbocycles. The van der Waals surface area contributed by atoms with Gasteiger partial charge >= 0.3 is 0 Å². The van der Waals surface area contributed by atoms with E-state index < -0.39 is 21.6 Å². The van der Waals surface area contributed by atoms with Crippen LogP contribution in [-0.2, 0) is 16.8 Å². The Labute approximate surface area is 221 Å². The monoisotopic (exact) mass is 545 g/mol. The number of halogens is 2. The minimum Gasteiger partial charge on any atom is -0.356 e. The fourth-order valence-electron chi connectivity index (χ4n) is 4.53. The highest BCUT2D eigenvalue weighted by molar-refractivity contribution is 7.93. The Balaban J connectivity index is 1.74. The van der Waals surface area contributed by atoms with E-state index in [9.17, 15) is 17.8 Å². The van der Waals surface area contributed by atoms with Crippen LogP contribution in [0.1, 0.15) is 35.2 Å². The number of hydrogen-bond donors (Lipinski definition) is 2. The average molecular weight is 546 g/mol. The molecule has 1 aliphatic rings. The first-order chi connectivity index (χ1) is 18.0. The second-order valence-electron chi connectivity index (χ2n) is 9.52. The summed E-state index contributed by atoms with van der Waals surface area (Å²) in [5.41, 5.74) is 8.41. The zero-order chi connectivity index (χ0) is 27.5. The Bertz CT molecular complexity index is 1450. The Hall–Kier alpha value is -3.38. The number of nitrogens with zero attached hydrogens (tertiary/aromatic N) is 5. The third kappa shape index (κ3) is 6.18. The van der Waals surface area contributed by atoms with Crippen molar-refractivity contribution >= 4 is 27.1 Å². The van der Waals surface area contributed by atoms with Crippen molar-refractivity contribution in [2.45, 2.75) is 37.0 Å². The normalized spacial score (nSPS) is 16.9. The number of aromatic nitrogens is 3. The zero-order valence-corrected chi connectivity index (χ0v) is 22.6. The highest BCUT2D eigenvalue weighted by Crippen LogP contribution is 2.34. The lowest BCUT2D eigenvalue weighted by molar-refractivity contribution is -0.0102. The molecule has 204 valence electrons. The van der Waals surface area contributed by atoms with E-state index in [1.807, 2.05) is 13.1 Å². The molecule has 3 heterocycles. The van der Waals surface area contributed by atoms with E-state index in [4.69, 9.17) is 5.73 Å². The van der Waals surface area contributed by atoms with Gasteiger partial charge in [0.05, 0.1) is 28.0 Å². The summed E-state index contributed by atoms with van der Waals surface area (Å²) >= 11 is 0. The number of aryl methyl sites for hydroxylation is 1. The summed E-state index contributed by atoms with van der Waals surface area (Å²) < 4.78 is 47.1. The van der Waals surface area contributed by atoms with Crippen molar-refractivity contribution in [1.29, 1.82) is 0 Å². The van der Waals surface area contributed by atoms with E-state index in [1.54, 1.807) is 53.3 Å². The summed E-state index contributed by atoms with van der Waals surface area (Å²) in [6.45, 7) is 2.81. The summed E-state index contributed by atoms with van der Waals surface area (Å²) in [5.74, 6) is -2.82. The molecule has 9 nitrogen and oxygen atoms in total. The highest BCUT2D eigenvalue weighted by Gasteiger charge is 2.33. The third-order valence-electron chi connectivity index (χ3n) is 6.58. The number of hydrogen-bond acceptors (Lipinski definition) is 7. The molecule has 1 amide bonds. The maximum Gasteiger partial charge on any atom is 0.259 e. The average Bonchev–Trinajstić information content (AvgIpc) is 3.21.